The van der Waals surface area contributed by atoms with Crippen LogP contribution in [0.15, 0.2) is 91.4 Å². The second-order valence-electron chi connectivity index (χ2n) is 9.61. The van der Waals surface area contributed by atoms with E-state index in [2.05, 4.69) is 10.3 Å². The molecule has 9 nitrogen and oxygen atoms in total. The molecule has 1 aliphatic carbocycles. The highest BCUT2D eigenvalue weighted by Gasteiger charge is 2.48. The molecule has 0 spiro atoms. The largest absolute Gasteiger partial charge is 0.480 e. The SMILES string of the molecule is COC(=O)N[C@H](C(=O)N1CCC[C@@H]1n1cncc1C1(C(=O)O)CC=CC=C1c1ccccc1)c1ccccc1. The van der Waals surface area contributed by atoms with E-state index in [0.29, 0.717) is 29.8 Å². The third kappa shape index (κ3) is 4.71. The van der Waals surface area contributed by atoms with Crippen molar-refractivity contribution in [1.82, 2.24) is 19.8 Å². The summed E-state index contributed by atoms with van der Waals surface area (Å²) >= 11 is 0. The second-order valence-corrected chi connectivity index (χ2v) is 9.61. The number of carboxylic acid groups (broad SMARTS) is 1. The van der Waals surface area contributed by atoms with Gasteiger partial charge in [-0.1, -0.05) is 78.9 Å². The number of carbonyl (C=O) groups excluding carboxylic acids is 2. The standard InChI is InChI=1S/C30H30N4O5/c1-39-29(38)32-26(22-13-6-3-7-14-22)27(35)33-18-10-16-25(33)34-20-31-19-24(34)30(28(36)37)17-9-8-15-23(30)21-11-4-2-5-12-21/h2-9,11-15,19-20,25-26H,10,16-18H2,1H3,(H,32,38)(H,36,37)/t25-,26-,30?/m0/s1. The normalized spacial score (nSPS) is 21.2. The molecule has 1 aromatic heterocycles. The van der Waals surface area contributed by atoms with E-state index >= 15 is 0 Å². The van der Waals surface area contributed by atoms with Gasteiger partial charge in [-0.25, -0.2) is 9.78 Å². The zero-order valence-electron chi connectivity index (χ0n) is 21.6. The average Bonchev–Trinajstić information content (AvgIpc) is 3.66. The van der Waals surface area contributed by atoms with Crippen molar-refractivity contribution in [2.24, 2.45) is 0 Å². The Morgan fingerprint density at radius 2 is 1.82 bits per heavy atom. The van der Waals surface area contributed by atoms with Crippen molar-refractivity contribution < 1.29 is 24.2 Å². The topological polar surface area (TPSA) is 114 Å². The molecule has 2 N–H and O–H groups in total. The number of hydrogen-bond donors (Lipinski definition) is 2. The summed E-state index contributed by atoms with van der Waals surface area (Å²) in [4.78, 5) is 45.4. The van der Waals surface area contributed by atoms with E-state index in [1.165, 1.54) is 7.11 Å². The number of likely N-dealkylation sites (tertiary alicyclic amines) is 1. The number of carbonyl (C=O) groups is 3. The molecule has 1 fully saturated rings. The summed E-state index contributed by atoms with van der Waals surface area (Å²) in [5.41, 5.74) is 1.19. The fraction of sp³-hybridized carbons (Fsp3) is 0.267. The molecule has 2 heterocycles. The predicted molar refractivity (Wildman–Crippen MR) is 144 cm³/mol. The van der Waals surface area contributed by atoms with Gasteiger partial charge in [0.1, 0.15) is 17.6 Å². The van der Waals surface area contributed by atoms with Crippen LogP contribution >= 0.6 is 0 Å². The van der Waals surface area contributed by atoms with Crippen LogP contribution in [0.3, 0.4) is 0 Å². The predicted octanol–water partition coefficient (Wildman–Crippen LogP) is 4.47. The van der Waals surface area contributed by atoms with Gasteiger partial charge in [-0.05, 0) is 36.0 Å². The molecule has 39 heavy (non-hydrogen) atoms. The molecule has 0 bridgehead atoms. The maximum atomic E-state index is 14.0. The Kier molecular flexibility index (Phi) is 7.31. The minimum Gasteiger partial charge on any atom is -0.480 e. The van der Waals surface area contributed by atoms with Crippen molar-refractivity contribution in [3.63, 3.8) is 0 Å². The first kappa shape index (κ1) is 26.0. The summed E-state index contributed by atoms with van der Waals surface area (Å²) in [6.45, 7) is 0.453. The van der Waals surface area contributed by atoms with E-state index in [1.807, 2.05) is 59.2 Å². The fourth-order valence-electron chi connectivity index (χ4n) is 5.62. The summed E-state index contributed by atoms with van der Waals surface area (Å²) < 4.78 is 6.61. The molecule has 1 unspecified atom stereocenters. The number of carboxylic acids is 1. The average molecular weight is 527 g/mol. The van der Waals surface area contributed by atoms with Crippen LogP contribution in [-0.4, -0.2) is 51.2 Å². The van der Waals surface area contributed by atoms with Crippen LogP contribution in [0, 0.1) is 0 Å². The Morgan fingerprint density at radius 1 is 1.10 bits per heavy atom. The third-order valence-electron chi connectivity index (χ3n) is 7.49. The van der Waals surface area contributed by atoms with Crippen LogP contribution < -0.4 is 5.32 Å². The summed E-state index contributed by atoms with van der Waals surface area (Å²) in [5, 5.41) is 13.4. The van der Waals surface area contributed by atoms with Gasteiger partial charge in [-0.2, -0.15) is 0 Å². The van der Waals surface area contributed by atoms with Gasteiger partial charge in [0.05, 0.1) is 19.1 Å². The number of benzene rings is 2. The molecule has 2 aromatic carbocycles. The molecule has 9 heteroatoms. The Labute approximate surface area is 226 Å². The fourth-order valence-corrected chi connectivity index (χ4v) is 5.62. The first-order chi connectivity index (χ1) is 19.0. The molecular weight excluding hydrogens is 496 g/mol. The number of alkyl carbamates (subject to hydrolysis) is 1. The van der Waals surface area contributed by atoms with Crippen molar-refractivity contribution >= 4 is 23.5 Å². The Hall–Kier alpha value is -4.66. The van der Waals surface area contributed by atoms with Crippen LogP contribution in [0.4, 0.5) is 4.79 Å². The van der Waals surface area contributed by atoms with Crippen molar-refractivity contribution in [2.45, 2.75) is 36.9 Å². The smallest absolute Gasteiger partial charge is 0.407 e. The first-order valence-electron chi connectivity index (χ1n) is 12.9. The van der Waals surface area contributed by atoms with Crippen molar-refractivity contribution in [3.8, 4) is 0 Å². The van der Waals surface area contributed by atoms with Gasteiger partial charge in [0.25, 0.3) is 5.91 Å². The molecule has 5 rings (SSSR count). The van der Waals surface area contributed by atoms with Crippen LogP contribution in [0.2, 0.25) is 0 Å². The lowest BCUT2D eigenvalue weighted by atomic mass is 9.69. The number of rotatable bonds is 7. The van der Waals surface area contributed by atoms with Gasteiger partial charge in [0.2, 0.25) is 0 Å². The Bertz CT molecular complexity index is 1420. The number of allylic oxidation sites excluding steroid dienone is 3. The van der Waals surface area contributed by atoms with Gasteiger partial charge in [-0.3, -0.25) is 9.59 Å². The summed E-state index contributed by atoms with van der Waals surface area (Å²) in [6.07, 6.45) is 9.14. The lowest BCUT2D eigenvalue weighted by Gasteiger charge is -2.37. The lowest BCUT2D eigenvalue weighted by Crippen LogP contribution is -2.45. The molecule has 2 aliphatic rings. The van der Waals surface area contributed by atoms with E-state index in [4.69, 9.17) is 4.74 Å². The van der Waals surface area contributed by atoms with Crippen molar-refractivity contribution in [3.05, 3.63) is 108 Å². The molecule has 1 saturated heterocycles. The summed E-state index contributed by atoms with van der Waals surface area (Å²) in [7, 11) is 1.25. The molecule has 200 valence electrons. The van der Waals surface area contributed by atoms with Crippen molar-refractivity contribution in [1.29, 1.82) is 0 Å². The van der Waals surface area contributed by atoms with Gasteiger partial charge in [0, 0.05) is 12.7 Å². The number of aliphatic carboxylic acids is 1. The molecule has 3 aromatic rings. The van der Waals surface area contributed by atoms with Crippen LogP contribution in [-0.2, 0) is 19.7 Å². The third-order valence-corrected chi connectivity index (χ3v) is 7.49. The number of amides is 2. The first-order valence-corrected chi connectivity index (χ1v) is 12.9. The van der Waals surface area contributed by atoms with Crippen LogP contribution in [0.1, 0.15) is 48.3 Å². The van der Waals surface area contributed by atoms with Gasteiger partial charge in [0.15, 0.2) is 0 Å². The van der Waals surface area contributed by atoms with Gasteiger partial charge >= 0.3 is 12.1 Å². The zero-order chi connectivity index (χ0) is 27.4. The number of nitrogens with zero attached hydrogens (tertiary/aromatic N) is 3. The number of ether oxygens (including phenoxy) is 1. The van der Waals surface area contributed by atoms with Gasteiger partial charge < -0.3 is 24.6 Å². The summed E-state index contributed by atoms with van der Waals surface area (Å²) in [5.74, 6) is -1.30. The van der Waals surface area contributed by atoms with Gasteiger partial charge in [-0.15, -0.1) is 0 Å². The van der Waals surface area contributed by atoms with Crippen LogP contribution in [0.25, 0.3) is 5.57 Å². The summed E-state index contributed by atoms with van der Waals surface area (Å²) in [6, 6.07) is 17.5. The zero-order valence-corrected chi connectivity index (χ0v) is 21.6. The molecule has 0 radical (unpaired) electrons. The highest BCUT2D eigenvalue weighted by Crippen LogP contribution is 2.46. The maximum Gasteiger partial charge on any atom is 0.407 e. The van der Waals surface area contributed by atoms with Crippen molar-refractivity contribution in [2.75, 3.05) is 13.7 Å². The number of methoxy groups -OCH3 is 1. The number of imidazole rings is 1. The lowest BCUT2D eigenvalue weighted by molar-refractivity contribution is -0.141. The number of aromatic nitrogens is 2. The number of nitrogens with one attached hydrogen (secondary N) is 1. The highest BCUT2D eigenvalue weighted by atomic mass is 16.5. The van der Waals surface area contributed by atoms with Crippen LogP contribution in [0.5, 0.6) is 0 Å². The number of hydrogen-bond acceptors (Lipinski definition) is 5. The van der Waals surface area contributed by atoms with E-state index in [0.717, 1.165) is 12.0 Å². The second kappa shape index (κ2) is 11.0. The Balaban J connectivity index is 1.55. The minimum absolute atomic E-state index is 0.242. The molecule has 1 aliphatic heterocycles. The maximum absolute atomic E-state index is 14.0. The minimum atomic E-state index is -1.40. The molecule has 0 saturated carbocycles. The molecule has 3 atom stereocenters. The highest BCUT2D eigenvalue weighted by molar-refractivity contribution is 5.99. The quantitative estimate of drug-likeness (QED) is 0.470. The van der Waals surface area contributed by atoms with E-state index in [1.54, 1.807) is 41.7 Å². The van der Waals surface area contributed by atoms with E-state index < -0.39 is 29.7 Å². The van der Waals surface area contributed by atoms with E-state index in [9.17, 15) is 19.5 Å². The molecule has 2 amide bonds. The van der Waals surface area contributed by atoms with E-state index in [-0.39, 0.29) is 12.3 Å². The molecular formula is C30H30N4O5. The monoisotopic (exact) mass is 526 g/mol. The Morgan fingerprint density at radius 3 is 2.51 bits per heavy atom.